The Hall–Kier alpha value is -1.65. The highest BCUT2D eigenvalue weighted by Gasteiger charge is 2.84. The highest BCUT2D eigenvalue weighted by Crippen LogP contribution is 2.82. The van der Waals surface area contributed by atoms with Gasteiger partial charge in [-0.05, 0) is 54.8 Å². The molecule has 4 aliphatic rings. The lowest BCUT2D eigenvalue weighted by atomic mass is 9.43. The monoisotopic (exact) mass is 415 g/mol. The topological polar surface area (TPSA) is 76.0 Å². The number of hydrogen-bond acceptors (Lipinski definition) is 4. The number of aliphatic carboxylic acids is 1. The molecule has 5 nitrogen and oxygen atoms in total. The van der Waals surface area contributed by atoms with Crippen molar-refractivity contribution in [1.29, 1.82) is 0 Å². The van der Waals surface area contributed by atoms with Crippen molar-refractivity contribution in [3.8, 4) is 0 Å². The van der Waals surface area contributed by atoms with E-state index in [-0.39, 0.29) is 17.8 Å². The predicted molar refractivity (Wildman–Crippen MR) is 116 cm³/mol. The van der Waals surface area contributed by atoms with Gasteiger partial charge < -0.3 is 14.7 Å². The molecule has 0 aromatic heterocycles. The van der Waals surface area contributed by atoms with Crippen LogP contribution in [0.3, 0.4) is 0 Å². The van der Waals surface area contributed by atoms with E-state index in [9.17, 15) is 14.7 Å². The van der Waals surface area contributed by atoms with Crippen LogP contribution in [0.5, 0.6) is 0 Å². The van der Waals surface area contributed by atoms with Crippen LogP contribution in [0.25, 0.3) is 0 Å². The van der Waals surface area contributed by atoms with E-state index in [2.05, 4.69) is 45.9 Å². The van der Waals surface area contributed by atoms with E-state index < -0.39 is 22.2 Å². The van der Waals surface area contributed by atoms with Gasteiger partial charge >= 0.3 is 5.97 Å². The van der Waals surface area contributed by atoms with Crippen LogP contribution in [-0.4, -0.2) is 30.2 Å². The summed E-state index contributed by atoms with van der Waals surface area (Å²) in [5.41, 5.74) is -1.78. The summed E-state index contributed by atoms with van der Waals surface area (Å²) in [4.78, 5) is 31.8. The van der Waals surface area contributed by atoms with E-state index in [1.165, 1.54) is 0 Å². The molecule has 0 spiro atoms. The lowest BCUT2D eigenvalue weighted by Gasteiger charge is -2.57. The molecule has 0 unspecified atom stereocenters. The van der Waals surface area contributed by atoms with Crippen molar-refractivity contribution in [1.82, 2.24) is 0 Å². The van der Waals surface area contributed by atoms with Crippen molar-refractivity contribution < 1.29 is 19.5 Å². The van der Waals surface area contributed by atoms with E-state index in [0.717, 1.165) is 37.5 Å². The number of carboxylic acid groups (broad SMARTS) is 1. The van der Waals surface area contributed by atoms with Crippen molar-refractivity contribution in [3.63, 3.8) is 0 Å². The Bertz CT molecular complexity index is 788. The van der Waals surface area contributed by atoms with Crippen LogP contribution in [-0.2, 0) is 14.4 Å². The van der Waals surface area contributed by atoms with Gasteiger partial charge in [-0.25, -0.2) is 0 Å². The molecule has 3 saturated carbocycles. The van der Waals surface area contributed by atoms with Crippen LogP contribution >= 0.6 is 0 Å². The zero-order chi connectivity index (χ0) is 21.9. The number of rotatable bonds is 8. The lowest BCUT2D eigenvalue weighted by molar-refractivity contribution is -0.173. The quantitative estimate of drug-likeness (QED) is 0.263. The highest BCUT2D eigenvalue weighted by molar-refractivity contribution is 5.96. The maximum atomic E-state index is 13.2. The zero-order valence-electron chi connectivity index (χ0n) is 19.1. The second-order valence-corrected chi connectivity index (χ2v) is 10.9. The molecule has 0 radical (unpaired) electrons. The number of allylic oxidation sites excluding steroid dienone is 1. The van der Waals surface area contributed by atoms with Gasteiger partial charge in [0, 0.05) is 5.41 Å². The first-order valence-electron chi connectivity index (χ1n) is 11.8. The van der Waals surface area contributed by atoms with Gasteiger partial charge in [0.05, 0.1) is 11.6 Å². The zero-order valence-corrected chi connectivity index (χ0v) is 19.1. The summed E-state index contributed by atoms with van der Waals surface area (Å²) < 4.78 is 0. The molecule has 1 N–H and O–H groups in total. The SMILES string of the molecule is CC[C@@H](C)CO/N=C/[C@@]12C[C@@H]3[C@H](C)CC[C@H]3[C@@]3(C=O)C[C@@H]1C=C(C(C)C)[C@]32C(=O)O. The van der Waals surface area contributed by atoms with Crippen LogP contribution in [0, 0.1) is 51.8 Å². The summed E-state index contributed by atoms with van der Waals surface area (Å²) in [5.74, 6) is 0.692. The summed E-state index contributed by atoms with van der Waals surface area (Å²) >= 11 is 0. The maximum absolute atomic E-state index is 13.2. The summed E-state index contributed by atoms with van der Waals surface area (Å²) in [6, 6.07) is 0. The van der Waals surface area contributed by atoms with Gasteiger partial charge in [-0.15, -0.1) is 0 Å². The second kappa shape index (κ2) is 7.20. The van der Waals surface area contributed by atoms with Crippen molar-refractivity contribution in [3.05, 3.63) is 11.6 Å². The number of fused-ring (bicyclic) bond motifs is 2. The van der Waals surface area contributed by atoms with Crippen molar-refractivity contribution in [2.24, 2.45) is 56.9 Å². The van der Waals surface area contributed by atoms with E-state index in [4.69, 9.17) is 4.84 Å². The molecule has 4 bridgehead atoms. The number of carboxylic acids is 1. The minimum absolute atomic E-state index is 0.0324. The third-order valence-corrected chi connectivity index (χ3v) is 9.41. The number of nitrogens with zero attached hydrogens (tertiary/aromatic N) is 1. The molecule has 4 rings (SSSR count). The van der Waals surface area contributed by atoms with Gasteiger partial charge in [0.15, 0.2) is 0 Å². The Balaban J connectivity index is 1.86. The second-order valence-electron chi connectivity index (χ2n) is 10.9. The van der Waals surface area contributed by atoms with Crippen LogP contribution in [0.4, 0.5) is 0 Å². The molecule has 3 fully saturated rings. The predicted octanol–water partition coefficient (Wildman–Crippen LogP) is 4.96. The first-order valence-corrected chi connectivity index (χ1v) is 11.8. The number of aldehydes is 1. The third-order valence-electron chi connectivity index (χ3n) is 9.41. The molecular weight excluding hydrogens is 378 g/mol. The van der Waals surface area contributed by atoms with Crippen LogP contribution in [0.1, 0.15) is 66.7 Å². The van der Waals surface area contributed by atoms with Gasteiger partial charge in [0.25, 0.3) is 0 Å². The van der Waals surface area contributed by atoms with Gasteiger partial charge in [0.2, 0.25) is 0 Å². The molecule has 0 aromatic rings. The van der Waals surface area contributed by atoms with Gasteiger partial charge in [-0.2, -0.15) is 0 Å². The largest absolute Gasteiger partial charge is 0.481 e. The molecule has 4 aliphatic carbocycles. The minimum atomic E-state index is -1.20. The Kier molecular flexibility index (Phi) is 5.18. The van der Waals surface area contributed by atoms with Crippen molar-refractivity contribution >= 4 is 18.5 Å². The molecule has 5 heteroatoms. The fourth-order valence-electron chi connectivity index (χ4n) is 7.91. The summed E-state index contributed by atoms with van der Waals surface area (Å²) in [6.07, 6.45) is 9.52. The minimum Gasteiger partial charge on any atom is -0.481 e. The molecule has 0 aromatic carbocycles. The fourth-order valence-corrected chi connectivity index (χ4v) is 7.91. The van der Waals surface area contributed by atoms with E-state index >= 15 is 0 Å². The van der Waals surface area contributed by atoms with Gasteiger partial charge in [-0.3, -0.25) is 4.79 Å². The normalized spacial score (nSPS) is 44.9. The summed E-state index contributed by atoms with van der Waals surface area (Å²) in [6.45, 7) is 11.2. The van der Waals surface area contributed by atoms with Crippen LogP contribution in [0.15, 0.2) is 16.8 Å². The fraction of sp³-hybridized carbons (Fsp3) is 0.800. The standard InChI is InChI=1S/C25H37NO4/c1-6-16(4)12-30-26-13-23-11-19-17(5)7-8-20(19)24(14-27)10-18(23)9-21(15(2)3)25(23,24)22(28)29/h9,13-20H,6-8,10-12H2,1-5H3,(H,28,29)/b26-13+/t16-,17-,18+,19-,20-,23+,24+,25-/m1/s1. The third kappa shape index (κ3) is 2.38. The first-order chi connectivity index (χ1) is 14.2. The molecule has 166 valence electrons. The number of carbonyl (C=O) groups is 2. The summed E-state index contributed by atoms with van der Waals surface area (Å²) in [5, 5.41) is 15.2. The Morgan fingerprint density at radius 2 is 2.03 bits per heavy atom. The lowest BCUT2D eigenvalue weighted by Crippen LogP contribution is -2.63. The molecular formula is C25H37NO4. The smallest absolute Gasteiger partial charge is 0.315 e. The van der Waals surface area contributed by atoms with Crippen molar-refractivity contribution in [2.75, 3.05) is 6.61 Å². The molecule has 8 atom stereocenters. The molecule has 0 aliphatic heterocycles. The van der Waals surface area contributed by atoms with E-state index in [1.807, 2.05) is 6.21 Å². The number of hydrogen-bond donors (Lipinski definition) is 1. The molecule has 0 heterocycles. The van der Waals surface area contributed by atoms with Gasteiger partial charge in [0.1, 0.15) is 18.3 Å². The maximum Gasteiger partial charge on any atom is 0.315 e. The number of oxime groups is 1. The summed E-state index contributed by atoms with van der Waals surface area (Å²) in [7, 11) is 0. The first kappa shape index (κ1) is 21.6. The molecule has 0 saturated heterocycles. The van der Waals surface area contributed by atoms with Crippen LogP contribution < -0.4 is 0 Å². The van der Waals surface area contributed by atoms with E-state index in [0.29, 0.717) is 30.8 Å². The Morgan fingerprint density at radius 1 is 1.30 bits per heavy atom. The molecule has 0 amide bonds. The van der Waals surface area contributed by atoms with E-state index in [1.54, 1.807) is 0 Å². The van der Waals surface area contributed by atoms with Gasteiger partial charge in [-0.1, -0.05) is 64.3 Å². The average Bonchev–Trinajstić information content (AvgIpc) is 3.28. The Labute approximate surface area is 180 Å². The molecule has 30 heavy (non-hydrogen) atoms. The highest BCUT2D eigenvalue weighted by atomic mass is 16.6. The average molecular weight is 416 g/mol. The van der Waals surface area contributed by atoms with Crippen LogP contribution in [0.2, 0.25) is 0 Å². The number of carbonyl (C=O) groups excluding carboxylic acids is 1. The van der Waals surface area contributed by atoms with Crippen molar-refractivity contribution in [2.45, 2.75) is 66.7 Å². The Morgan fingerprint density at radius 3 is 2.63 bits per heavy atom.